The molecule has 0 amide bonds. The molecule has 3 nitrogen and oxygen atoms in total. The van der Waals surface area contributed by atoms with Gasteiger partial charge in [0, 0.05) is 29.5 Å². The van der Waals surface area contributed by atoms with Gasteiger partial charge in [0.05, 0.1) is 0 Å². The minimum absolute atomic E-state index is 0.0263. The number of ketones is 1. The van der Waals surface area contributed by atoms with Crippen molar-refractivity contribution >= 4 is 17.2 Å². The molecular weight excluding hydrogens is 248 g/mol. The van der Waals surface area contributed by atoms with Crippen molar-refractivity contribution in [3.63, 3.8) is 0 Å². The first kappa shape index (κ1) is 16.5. The summed E-state index contributed by atoms with van der Waals surface area (Å²) in [6, 6.07) is 6.32. The Bertz CT molecular complexity index is 450. The van der Waals surface area contributed by atoms with Crippen LogP contribution in [0.25, 0.3) is 0 Å². The summed E-state index contributed by atoms with van der Waals surface area (Å²) in [4.78, 5) is 14.1. The third kappa shape index (κ3) is 3.99. The highest BCUT2D eigenvalue weighted by molar-refractivity contribution is 6.00. The maximum Gasteiger partial charge on any atom is 0.161 e. The van der Waals surface area contributed by atoms with Crippen molar-refractivity contribution < 1.29 is 4.79 Å². The second-order valence-electron chi connectivity index (χ2n) is 5.84. The van der Waals surface area contributed by atoms with Crippen LogP contribution in [0.2, 0.25) is 0 Å². The smallest absolute Gasteiger partial charge is 0.161 e. The lowest BCUT2D eigenvalue weighted by atomic mass is 10.0. The molecule has 1 aromatic carbocycles. The average molecular weight is 276 g/mol. The standard InChI is InChI=1S/C17H28N2O/c1-6-14(7-2)19(11-12(3)4)15-8-9-17(18)16(10-15)13(5)20/h8-10,12,14H,6-7,11,18H2,1-5H3. The van der Waals surface area contributed by atoms with Crippen molar-refractivity contribution in [2.24, 2.45) is 5.92 Å². The van der Waals surface area contributed by atoms with E-state index in [1.165, 1.54) is 0 Å². The maximum absolute atomic E-state index is 11.7. The SMILES string of the molecule is CCC(CC)N(CC(C)C)c1ccc(N)c(C(C)=O)c1. The van der Waals surface area contributed by atoms with Crippen molar-refractivity contribution in [1.82, 2.24) is 0 Å². The van der Waals surface area contributed by atoms with Gasteiger partial charge < -0.3 is 10.6 Å². The van der Waals surface area contributed by atoms with Crippen molar-refractivity contribution in [2.75, 3.05) is 17.2 Å². The van der Waals surface area contributed by atoms with Crippen LogP contribution in [0.4, 0.5) is 11.4 Å². The Morgan fingerprint density at radius 2 is 1.85 bits per heavy atom. The summed E-state index contributed by atoms with van der Waals surface area (Å²) in [5.41, 5.74) is 8.19. The van der Waals surface area contributed by atoms with Crippen LogP contribution >= 0.6 is 0 Å². The molecule has 0 aromatic heterocycles. The molecule has 0 atom stereocenters. The lowest BCUT2D eigenvalue weighted by Gasteiger charge is -2.34. The van der Waals surface area contributed by atoms with E-state index in [0.29, 0.717) is 23.2 Å². The molecule has 0 fully saturated rings. The second-order valence-corrected chi connectivity index (χ2v) is 5.84. The number of hydrogen-bond acceptors (Lipinski definition) is 3. The van der Waals surface area contributed by atoms with Crippen molar-refractivity contribution in [1.29, 1.82) is 0 Å². The number of hydrogen-bond donors (Lipinski definition) is 1. The highest BCUT2D eigenvalue weighted by Crippen LogP contribution is 2.26. The number of Topliss-reactive ketones (excluding diaryl/α,β-unsaturated/α-hetero) is 1. The van der Waals surface area contributed by atoms with Crippen LogP contribution in [0.3, 0.4) is 0 Å². The van der Waals surface area contributed by atoms with Gasteiger partial charge in [-0.1, -0.05) is 27.7 Å². The zero-order chi connectivity index (χ0) is 15.3. The van der Waals surface area contributed by atoms with Gasteiger partial charge in [-0.05, 0) is 43.9 Å². The minimum atomic E-state index is 0.0263. The Balaban J connectivity index is 3.19. The van der Waals surface area contributed by atoms with E-state index in [1.54, 1.807) is 6.92 Å². The Labute approximate surface area is 123 Å². The zero-order valence-electron chi connectivity index (χ0n) is 13.4. The number of carbonyl (C=O) groups excluding carboxylic acids is 1. The van der Waals surface area contributed by atoms with Gasteiger partial charge >= 0.3 is 0 Å². The molecular formula is C17H28N2O. The normalized spacial score (nSPS) is 11.2. The largest absolute Gasteiger partial charge is 0.398 e. The molecule has 0 saturated heterocycles. The first-order valence-corrected chi connectivity index (χ1v) is 7.57. The number of nitrogens with two attached hydrogens (primary N) is 1. The van der Waals surface area contributed by atoms with Crippen LogP contribution in [-0.2, 0) is 0 Å². The van der Waals surface area contributed by atoms with Gasteiger partial charge in [0.25, 0.3) is 0 Å². The Morgan fingerprint density at radius 3 is 2.30 bits per heavy atom. The molecule has 0 radical (unpaired) electrons. The third-order valence-electron chi connectivity index (χ3n) is 3.69. The predicted molar refractivity (Wildman–Crippen MR) is 87.4 cm³/mol. The van der Waals surface area contributed by atoms with Gasteiger partial charge in [0.15, 0.2) is 5.78 Å². The summed E-state index contributed by atoms with van der Waals surface area (Å²) in [7, 11) is 0. The Kier molecular flexibility index (Phi) is 6.05. The zero-order valence-corrected chi connectivity index (χ0v) is 13.4. The van der Waals surface area contributed by atoms with E-state index in [-0.39, 0.29) is 5.78 Å². The lowest BCUT2D eigenvalue weighted by Crippen LogP contribution is -2.37. The summed E-state index contributed by atoms with van der Waals surface area (Å²) >= 11 is 0. The lowest BCUT2D eigenvalue weighted by molar-refractivity contribution is 0.101. The molecule has 1 rings (SSSR count). The van der Waals surface area contributed by atoms with Crippen molar-refractivity contribution in [3.8, 4) is 0 Å². The molecule has 0 aliphatic heterocycles. The topological polar surface area (TPSA) is 46.3 Å². The average Bonchev–Trinajstić information content (AvgIpc) is 2.38. The van der Waals surface area contributed by atoms with E-state index in [0.717, 1.165) is 25.1 Å². The molecule has 20 heavy (non-hydrogen) atoms. The van der Waals surface area contributed by atoms with Gasteiger partial charge in [-0.25, -0.2) is 0 Å². The van der Waals surface area contributed by atoms with Gasteiger partial charge in [-0.3, -0.25) is 4.79 Å². The molecule has 0 bridgehead atoms. The van der Waals surface area contributed by atoms with E-state index in [2.05, 4.69) is 32.6 Å². The molecule has 2 N–H and O–H groups in total. The van der Waals surface area contributed by atoms with E-state index in [4.69, 9.17) is 5.73 Å². The Morgan fingerprint density at radius 1 is 1.25 bits per heavy atom. The predicted octanol–water partition coefficient (Wildman–Crippen LogP) is 4.12. The highest BCUT2D eigenvalue weighted by Gasteiger charge is 2.18. The number of nitrogens with zero attached hydrogens (tertiary/aromatic N) is 1. The molecule has 0 spiro atoms. The number of rotatable bonds is 7. The fraction of sp³-hybridized carbons (Fsp3) is 0.588. The van der Waals surface area contributed by atoms with Gasteiger partial charge in [-0.2, -0.15) is 0 Å². The number of benzene rings is 1. The summed E-state index contributed by atoms with van der Waals surface area (Å²) in [6.07, 6.45) is 2.20. The van der Waals surface area contributed by atoms with Gasteiger partial charge in [-0.15, -0.1) is 0 Å². The molecule has 0 unspecified atom stereocenters. The van der Waals surface area contributed by atoms with E-state index in [9.17, 15) is 4.79 Å². The van der Waals surface area contributed by atoms with Crippen LogP contribution in [-0.4, -0.2) is 18.4 Å². The fourth-order valence-corrected chi connectivity index (χ4v) is 2.62. The first-order valence-electron chi connectivity index (χ1n) is 7.57. The second kappa shape index (κ2) is 7.32. The molecule has 3 heteroatoms. The van der Waals surface area contributed by atoms with E-state index < -0.39 is 0 Å². The summed E-state index contributed by atoms with van der Waals surface area (Å²) in [5.74, 6) is 0.604. The summed E-state index contributed by atoms with van der Waals surface area (Å²) < 4.78 is 0. The third-order valence-corrected chi connectivity index (χ3v) is 3.69. The maximum atomic E-state index is 11.7. The molecule has 0 aliphatic rings. The monoisotopic (exact) mass is 276 g/mol. The van der Waals surface area contributed by atoms with Gasteiger partial charge in [0.1, 0.15) is 0 Å². The van der Waals surface area contributed by atoms with Crippen LogP contribution in [0.5, 0.6) is 0 Å². The number of carbonyl (C=O) groups is 1. The van der Waals surface area contributed by atoms with Crippen LogP contribution < -0.4 is 10.6 Å². The first-order chi connectivity index (χ1) is 9.40. The highest BCUT2D eigenvalue weighted by atomic mass is 16.1. The van der Waals surface area contributed by atoms with Gasteiger partial charge in [0.2, 0.25) is 0 Å². The van der Waals surface area contributed by atoms with Crippen LogP contribution in [0.15, 0.2) is 18.2 Å². The molecule has 0 aliphatic carbocycles. The van der Waals surface area contributed by atoms with Crippen molar-refractivity contribution in [2.45, 2.75) is 53.5 Å². The molecule has 0 heterocycles. The van der Waals surface area contributed by atoms with Crippen LogP contribution in [0, 0.1) is 5.92 Å². The Hall–Kier alpha value is -1.51. The fourth-order valence-electron chi connectivity index (χ4n) is 2.62. The van der Waals surface area contributed by atoms with Crippen LogP contribution in [0.1, 0.15) is 57.8 Å². The van der Waals surface area contributed by atoms with E-state index in [1.807, 2.05) is 18.2 Å². The van der Waals surface area contributed by atoms with E-state index >= 15 is 0 Å². The van der Waals surface area contributed by atoms with Crippen molar-refractivity contribution in [3.05, 3.63) is 23.8 Å². The number of nitrogen functional groups attached to an aromatic ring is 1. The summed E-state index contributed by atoms with van der Waals surface area (Å²) in [5, 5.41) is 0. The minimum Gasteiger partial charge on any atom is -0.398 e. The molecule has 112 valence electrons. The molecule has 0 saturated carbocycles. The number of anilines is 2. The molecule has 1 aromatic rings. The summed E-state index contributed by atoms with van der Waals surface area (Å²) in [6.45, 7) is 11.4. The quantitative estimate of drug-likeness (QED) is 0.602.